The molecule has 1 aliphatic rings. The van der Waals surface area contributed by atoms with Crippen molar-refractivity contribution in [1.82, 2.24) is 0 Å². The highest BCUT2D eigenvalue weighted by Gasteiger charge is 2.49. The van der Waals surface area contributed by atoms with Crippen molar-refractivity contribution in [3.8, 4) is 0 Å². The first-order valence-electron chi connectivity index (χ1n) is 7.55. The normalized spacial score (nSPS) is 18.8. The van der Waals surface area contributed by atoms with Crippen LogP contribution in [0, 0.1) is 11.8 Å². The molecule has 0 spiro atoms. The van der Waals surface area contributed by atoms with Crippen LogP contribution in [-0.4, -0.2) is 18.9 Å². The standard InChI is InChI=1S/C18H16Cl2N2O2/c1-22(14-5-3-2-4-6-14)18(24)16-10-15(16)17(23)21-13-8-11(19)7-12(20)9-13/h2-9,15-16H,10H2,1H3,(H,21,23). The Hall–Kier alpha value is -2.04. The number of amides is 2. The molecule has 0 heterocycles. The number of carbonyl (C=O) groups is 2. The minimum Gasteiger partial charge on any atom is -0.326 e. The van der Waals surface area contributed by atoms with E-state index in [4.69, 9.17) is 23.2 Å². The molecule has 1 saturated carbocycles. The average molecular weight is 363 g/mol. The predicted octanol–water partition coefficient (Wildman–Crippen LogP) is 4.23. The number of hydrogen-bond donors (Lipinski definition) is 1. The van der Waals surface area contributed by atoms with Crippen LogP contribution in [0.15, 0.2) is 48.5 Å². The topological polar surface area (TPSA) is 49.4 Å². The summed E-state index contributed by atoms with van der Waals surface area (Å²) in [6.07, 6.45) is 0.552. The van der Waals surface area contributed by atoms with Gasteiger partial charge in [-0.1, -0.05) is 41.4 Å². The van der Waals surface area contributed by atoms with Crippen molar-refractivity contribution in [2.24, 2.45) is 11.8 Å². The van der Waals surface area contributed by atoms with Crippen LogP contribution in [0.25, 0.3) is 0 Å². The monoisotopic (exact) mass is 362 g/mol. The molecular formula is C18H16Cl2N2O2. The fourth-order valence-corrected chi connectivity index (χ4v) is 3.17. The van der Waals surface area contributed by atoms with Crippen LogP contribution in [0.4, 0.5) is 11.4 Å². The summed E-state index contributed by atoms with van der Waals surface area (Å²) in [4.78, 5) is 26.4. The average Bonchev–Trinajstić information content (AvgIpc) is 3.34. The second-order valence-electron chi connectivity index (χ2n) is 5.83. The molecule has 3 rings (SSSR count). The Morgan fingerprint density at radius 3 is 2.29 bits per heavy atom. The van der Waals surface area contributed by atoms with Gasteiger partial charge in [0, 0.05) is 28.5 Å². The van der Waals surface area contributed by atoms with E-state index in [1.54, 1.807) is 30.1 Å². The van der Waals surface area contributed by atoms with Gasteiger partial charge in [0.2, 0.25) is 11.8 Å². The van der Waals surface area contributed by atoms with Crippen LogP contribution in [0.1, 0.15) is 6.42 Å². The first-order valence-corrected chi connectivity index (χ1v) is 8.31. The molecule has 0 aliphatic heterocycles. The minimum absolute atomic E-state index is 0.0505. The Balaban J connectivity index is 1.62. The number of rotatable bonds is 4. The number of nitrogens with one attached hydrogen (secondary N) is 1. The molecule has 1 fully saturated rings. The molecule has 2 aromatic carbocycles. The van der Waals surface area contributed by atoms with Crippen molar-refractivity contribution in [2.75, 3.05) is 17.3 Å². The van der Waals surface area contributed by atoms with Crippen LogP contribution in [0.3, 0.4) is 0 Å². The SMILES string of the molecule is CN(C(=O)C1CC1C(=O)Nc1cc(Cl)cc(Cl)c1)c1ccccc1. The van der Waals surface area contributed by atoms with Gasteiger partial charge in [0.1, 0.15) is 0 Å². The summed E-state index contributed by atoms with van der Waals surface area (Å²) in [5.74, 6) is -0.843. The number of anilines is 2. The Kier molecular flexibility index (Phi) is 4.78. The largest absolute Gasteiger partial charge is 0.326 e. The molecule has 1 N–H and O–H groups in total. The Morgan fingerprint density at radius 1 is 1.04 bits per heavy atom. The van der Waals surface area contributed by atoms with Gasteiger partial charge in [-0.15, -0.1) is 0 Å². The summed E-state index contributed by atoms with van der Waals surface area (Å²) in [7, 11) is 1.72. The number of benzene rings is 2. The van der Waals surface area contributed by atoms with Crippen molar-refractivity contribution in [1.29, 1.82) is 0 Å². The van der Waals surface area contributed by atoms with E-state index in [9.17, 15) is 9.59 Å². The van der Waals surface area contributed by atoms with E-state index in [1.807, 2.05) is 30.3 Å². The summed E-state index contributed by atoms with van der Waals surface area (Å²) in [6.45, 7) is 0. The molecular weight excluding hydrogens is 347 g/mol. The summed E-state index contributed by atoms with van der Waals surface area (Å²) in [5.41, 5.74) is 1.35. The number of hydrogen-bond acceptors (Lipinski definition) is 2. The lowest BCUT2D eigenvalue weighted by molar-refractivity contribution is -0.123. The van der Waals surface area contributed by atoms with Gasteiger partial charge in [-0.05, 0) is 36.8 Å². The van der Waals surface area contributed by atoms with E-state index >= 15 is 0 Å². The van der Waals surface area contributed by atoms with Gasteiger partial charge in [-0.25, -0.2) is 0 Å². The van der Waals surface area contributed by atoms with Gasteiger partial charge in [-0.3, -0.25) is 9.59 Å². The smallest absolute Gasteiger partial charge is 0.230 e. The van der Waals surface area contributed by atoms with E-state index in [0.717, 1.165) is 5.69 Å². The first-order chi connectivity index (χ1) is 11.5. The van der Waals surface area contributed by atoms with Gasteiger partial charge >= 0.3 is 0 Å². The molecule has 6 heteroatoms. The quantitative estimate of drug-likeness (QED) is 0.884. The molecule has 1 aliphatic carbocycles. The highest BCUT2D eigenvalue weighted by atomic mass is 35.5. The predicted molar refractivity (Wildman–Crippen MR) is 96.5 cm³/mol. The van der Waals surface area contributed by atoms with Gasteiger partial charge in [0.05, 0.1) is 11.8 Å². The lowest BCUT2D eigenvalue weighted by atomic mass is 10.2. The molecule has 2 aromatic rings. The van der Waals surface area contributed by atoms with Gasteiger partial charge in [0.25, 0.3) is 0 Å². The van der Waals surface area contributed by atoms with Crippen molar-refractivity contribution in [3.05, 3.63) is 58.6 Å². The fourth-order valence-electron chi connectivity index (χ4n) is 2.65. The van der Waals surface area contributed by atoms with Crippen LogP contribution in [-0.2, 0) is 9.59 Å². The molecule has 4 nitrogen and oxygen atoms in total. The third-order valence-electron chi connectivity index (χ3n) is 4.05. The highest BCUT2D eigenvalue weighted by Crippen LogP contribution is 2.41. The second-order valence-corrected chi connectivity index (χ2v) is 6.70. The maximum absolute atomic E-state index is 12.5. The van der Waals surface area contributed by atoms with Crippen molar-refractivity contribution < 1.29 is 9.59 Å². The fraction of sp³-hybridized carbons (Fsp3) is 0.222. The summed E-state index contributed by atoms with van der Waals surface area (Å²) >= 11 is 11.8. The third-order valence-corrected chi connectivity index (χ3v) is 4.49. The van der Waals surface area contributed by atoms with E-state index < -0.39 is 0 Å². The highest BCUT2D eigenvalue weighted by molar-refractivity contribution is 6.35. The number of carbonyl (C=O) groups excluding carboxylic acids is 2. The lowest BCUT2D eigenvalue weighted by Gasteiger charge is -2.17. The van der Waals surface area contributed by atoms with E-state index in [2.05, 4.69) is 5.32 Å². The molecule has 0 bridgehead atoms. The maximum Gasteiger partial charge on any atom is 0.230 e. The van der Waals surface area contributed by atoms with Crippen LogP contribution in [0.5, 0.6) is 0 Å². The van der Waals surface area contributed by atoms with E-state index in [1.165, 1.54) is 0 Å². The molecule has 0 radical (unpaired) electrons. The third kappa shape index (κ3) is 3.71. The van der Waals surface area contributed by atoms with E-state index in [-0.39, 0.29) is 23.7 Å². The zero-order valence-electron chi connectivity index (χ0n) is 13.0. The maximum atomic E-state index is 12.5. The van der Waals surface area contributed by atoms with Crippen molar-refractivity contribution in [3.63, 3.8) is 0 Å². The molecule has 2 unspecified atom stereocenters. The van der Waals surface area contributed by atoms with Gasteiger partial charge in [-0.2, -0.15) is 0 Å². The van der Waals surface area contributed by atoms with Crippen molar-refractivity contribution in [2.45, 2.75) is 6.42 Å². The summed E-state index contributed by atoms with van der Waals surface area (Å²) in [5, 5.41) is 3.67. The van der Waals surface area contributed by atoms with Crippen molar-refractivity contribution >= 4 is 46.4 Å². The van der Waals surface area contributed by atoms with E-state index in [0.29, 0.717) is 22.2 Å². The molecule has 2 atom stereocenters. The Labute approximate surface area is 150 Å². The zero-order valence-corrected chi connectivity index (χ0v) is 14.5. The van der Waals surface area contributed by atoms with Crippen LogP contribution in [0.2, 0.25) is 10.0 Å². The minimum atomic E-state index is -0.318. The van der Waals surface area contributed by atoms with Gasteiger partial charge < -0.3 is 10.2 Å². The molecule has 24 heavy (non-hydrogen) atoms. The number of nitrogens with zero attached hydrogens (tertiary/aromatic N) is 1. The summed E-state index contributed by atoms with van der Waals surface area (Å²) in [6, 6.07) is 14.2. The Bertz CT molecular complexity index is 760. The molecule has 0 aromatic heterocycles. The first kappa shape index (κ1) is 16.8. The molecule has 0 saturated heterocycles. The lowest BCUT2D eigenvalue weighted by Crippen LogP contribution is -2.29. The van der Waals surface area contributed by atoms with Gasteiger partial charge in [0.15, 0.2) is 0 Å². The summed E-state index contributed by atoms with van der Waals surface area (Å²) < 4.78 is 0. The van der Waals surface area contributed by atoms with Crippen LogP contribution < -0.4 is 10.2 Å². The number of para-hydroxylation sites is 1. The Morgan fingerprint density at radius 2 is 1.67 bits per heavy atom. The zero-order chi connectivity index (χ0) is 17.3. The number of halogens is 2. The molecule has 124 valence electrons. The second kappa shape index (κ2) is 6.83. The van der Waals surface area contributed by atoms with Crippen LogP contribution >= 0.6 is 23.2 Å². The molecule has 2 amide bonds.